The van der Waals surface area contributed by atoms with E-state index in [9.17, 15) is 9.90 Å². The minimum Gasteiger partial charge on any atom is -0.393 e. The molecule has 1 saturated heterocycles. The monoisotopic (exact) mass is 319 g/mol. The zero-order valence-electron chi connectivity index (χ0n) is 14.2. The van der Waals surface area contributed by atoms with Crippen LogP contribution in [-0.4, -0.2) is 39.3 Å². The van der Waals surface area contributed by atoms with Crippen molar-refractivity contribution in [2.45, 2.75) is 57.7 Å². The van der Waals surface area contributed by atoms with Crippen molar-refractivity contribution in [2.24, 2.45) is 18.9 Å². The number of aliphatic hydroxyl groups excluding tert-OH is 1. The highest BCUT2D eigenvalue weighted by molar-refractivity contribution is 5.74. The van der Waals surface area contributed by atoms with Crippen molar-refractivity contribution in [3.8, 4) is 0 Å². The zero-order chi connectivity index (χ0) is 16.4. The number of nitrogens with one attached hydrogen (secondary N) is 1. The summed E-state index contributed by atoms with van der Waals surface area (Å²) >= 11 is 0. The van der Waals surface area contributed by atoms with Crippen LogP contribution in [0.3, 0.4) is 0 Å². The minimum atomic E-state index is -0.252. The molecular weight excluding hydrogens is 290 g/mol. The highest BCUT2D eigenvalue weighted by atomic mass is 16.3. The lowest BCUT2D eigenvalue weighted by atomic mass is 9.76. The Morgan fingerprint density at radius 3 is 2.96 bits per heavy atom. The molecule has 0 radical (unpaired) electrons. The molecule has 2 heterocycles. The maximum atomic E-state index is 12.6. The Morgan fingerprint density at radius 1 is 1.39 bits per heavy atom. The van der Waals surface area contributed by atoms with Crippen LogP contribution in [0, 0.1) is 11.8 Å². The number of carbonyl (C=O) groups is 1. The SMILES string of the molecule is C[C@@H]1CC[C@H](O)[C@H]([C@@H]2CCCN2C(=O)NCc2cccn2C)C1. The quantitative estimate of drug-likeness (QED) is 0.899. The van der Waals surface area contributed by atoms with Gasteiger partial charge in [0.15, 0.2) is 0 Å². The molecule has 3 rings (SSSR count). The number of rotatable bonds is 3. The third-order valence-corrected chi connectivity index (χ3v) is 5.65. The minimum absolute atomic E-state index is 0.0131. The Hall–Kier alpha value is -1.49. The molecule has 128 valence electrons. The lowest BCUT2D eigenvalue weighted by Crippen LogP contribution is -2.49. The van der Waals surface area contributed by atoms with Crippen LogP contribution in [0.25, 0.3) is 0 Å². The van der Waals surface area contributed by atoms with Gasteiger partial charge in [-0.15, -0.1) is 0 Å². The molecule has 0 unspecified atom stereocenters. The van der Waals surface area contributed by atoms with E-state index in [1.807, 2.05) is 34.8 Å². The standard InChI is InChI=1S/C18H29N3O2/c1-13-7-8-17(22)15(11-13)16-6-4-10-21(16)18(23)19-12-14-5-3-9-20(14)2/h3,5,9,13,15-17,22H,4,6-8,10-12H2,1-2H3,(H,19,23)/t13-,15+,16+,17+/m1/s1. The summed E-state index contributed by atoms with van der Waals surface area (Å²) in [5, 5.41) is 13.4. The molecule has 1 aliphatic heterocycles. The Balaban J connectivity index is 1.61. The van der Waals surface area contributed by atoms with Crippen molar-refractivity contribution in [3.63, 3.8) is 0 Å². The zero-order valence-corrected chi connectivity index (χ0v) is 14.2. The molecule has 2 fully saturated rings. The summed E-state index contributed by atoms with van der Waals surface area (Å²) in [6.45, 7) is 3.62. The molecule has 0 aromatic carbocycles. The van der Waals surface area contributed by atoms with E-state index in [2.05, 4.69) is 12.2 Å². The van der Waals surface area contributed by atoms with Gasteiger partial charge in [-0.2, -0.15) is 0 Å². The molecule has 1 aliphatic carbocycles. The molecule has 1 saturated carbocycles. The molecule has 0 bridgehead atoms. The van der Waals surface area contributed by atoms with Crippen LogP contribution < -0.4 is 5.32 Å². The van der Waals surface area contributed by atoms with Crippen molar-refractivity contribution in [1.82, 2.24) is 14.8 Å². The first kappa shape index (κ1) is 16.4. The van der Waals surface area contributed by atoms with Crippen LogP contribution in [-0.2, 0) is 13.6 Å². The summed E-state index contributed by atoms with van der Waals surface area (Å²) in [7, 11) is 1.99. The molecule has 23 heavy (non-hydrogen) atoms. The van der Waals surface area contributed by atoms with Gasteiger partial charge in [0.2, 0.25) is 0 Å². The maximum Gasteiger partial charge on any atom is 0.317 e. The number of nitrogens with zero attached hydrogens (tertiary/aromatic N) is 2. The van der Waals surface area contributed by atoms with E-state index in [-0.39, 0.29) is 24.1 Å². The van der Waals surface area contributed by atoms with Crippen LogP contribution in [0.15, 0.2) is 18.3 Å². The first-order chi connectivity index (χ1) is 11.1. The van der Waals surface area contributed by atoms with E-state index in [0.29, 0.717) is 12.5 Å². The van der Waals surface area contributed by atoms with Crippen molar-refractivity contribution in [3.05, 3.63) is 24.0 Å². The first-order valence-electron chi connectivity index (χ1n) is 8.89. The van der Waals surface area contributed by atoms with Gasteiger partial charge < -0.3 is 19.9 Å². The topological polar surface area (TPSA) is 57.5 Å². The number of carbonyl (C=O) groups excluding carboxylic acids is 1. The Labute approximate surface area is 138 Å². The Morgan fingerprint density at radius 2 is 2.22 bits per heavy atom. The van der Waals surface area contributed by atoms with Gasteiger partial charge in [-0.3, -0.25) is 0 Å². The van der Waals surface area contributed by atoms with Crippen molar-refractivity contribution < 1.29 is 9.90 Å². The second-order valence-corrected chi connectivity index (χ2v) is 7.32. The van der Waals surface area contributed by atoms with Crippen molar-refractivity contribution in [1.29, 1.82) is 0 Å². The number of amides is 2. The number of urea groups is 1. The van der Waals surface area contributed by atoms with Crippen LogP contribution in [0.1, 0.15) is 44.7 Å². The molecule has 2 amide bonds. The first-order valence-corrected chi connectivity index (χ1v) is 8.89. The molecule has 4 atom stereocenters. The number of aromatic nitrogens is 1. The van der Waals surface area contributed by atoms with Crippen LogP contribution in [0.5, 0.6) is 0 Å². The smallest absolute Gasteiger partial charge is 0.317 e. The molecule has 2 N–H and O–H groups in total. The fourth-order valence-electron chi connectivity index (χ4n) is 4.26. The number of hydrogen-bond acceptors (Lipinski definition) is 2. The summed E-state index contributed by atoms with van der Waals surface area (Å²) in [6, 6.07) is 4.22. The average molecular weight is 319 g/mol. The largest absolute Gasteiger partial charge is 0.393 e. The lowest BCUT2D eigenvalue weighted by molar-refractivity contribution is 0.0153. The molecule has 1 aromatic heterocycles. The fraction of sp³-hybridized carbons (Fsp3) is 0.722. The normalized spacial score (nSPS) is 31.3. The second-order valence-electron chi connectivity index (χ2n) is 7.32. The summed E-state index contributed by atoms with van der Waals surface area (Å²) in [5.74, 6) is 0.888. The molecule has 1 aromatic rings. The van der Waals surface area contributed by atoms with Gasteiger partial charge in [0.1, 0.15) is 0 Å². The molecule has 5 heteroatoms. The molecule has 0 spiro atoms. The maximum absolute atomic E-state index is 12.6. The van der Waals surface area contributed by atoms with Gasteiger partial charge in [-0.1, -0.05) is 6.92 Å². The summed E-state index contributed by atoms with van der Waals surface area (Å²) < 4.78 is 2.02. The van der Waals surface area contributed by atoms with E-state index < -0.39 is 0 Å². The number of likely N-dealkylation sites (tertiary alicyclic amines) is 1. The molecule has 2 aliphatic rings. The highest BCUT2D eigenvalue weighted by Gasteiger charge is 2.40. The van der Waals surface area contributed by atoms with Crippen molar-refractivity contribution in [2.75, 3.05) is 6.54 Å². The van der Waals surface area contributed by atoms with Gasteiger partial charge in [0, 0.05) is 37.4 Å². The average Bonchev–Trinajstić information content (AvgIpc) is 3.16. The summed E-state index contributed by atoms with van der Waals surface area (Å²) in [5.41, 5.74) is 1.10. The fourth-order valence-corrected chi connectivity index (χ4v) is 4.26. The number of aryl methyl sites for hydroxylation is 1. The third-order valence-electron chi connectivity index (χ3n) is 5.65. The van der Waals surface area contributed by atoms with E-state index >= 15 is 0 Å². The summed E-state index contributed by atoms with van der Waals surface area (Å²) in [4.78, 5) is 14.6. The predicted molar refractivity (Wildman–Crippen MR) is 89.9 cm³/mol. The van der Waals surface area contributed by atoms with E-state index in [4.69, 9.17) is 0 Å². The molecule has 5 nitrogen and oxygen atoms in total. The number of aliphatic hydroxyl groups is 1. The Bertz CT molecular complexity index is 542. The van der Waals surface area contributed by atoms with Crippen LogP contribution >= 0.6 is 0 Å². The van der Waals surface area contributed by atoms with Gasteiger partial charge in [0.05, 0.1) is 12.6 Å². The lowest BCUT2D eigenvalue weighted by Gasteiger charge is -2.39. The van der Waals surface area contributed by atoms with E-state index in [1.165, 1.54) is 0 Å². The van der Waals surface area contributed by atoms with Gasteiger partial charge in [-0.05, 0) is 50.2 Å². The Kier molecular flexibility index (Phi) is 4.95. The van der Waals surface area contributed by atoms with Gasteiger partial charge in [0.25, 0.3) is 0 Å². The van der Waals surface area contributed by atoms with Gasteiger partial charge >= 0.3 is 6.03 Å². The van der Waals surface area contributed by atoms with E-state index in [1.54, 1.807) is 0 Å². The third kappa shape index (κ3) is 3.55. The van der Waals surface area contributed by atoms with Crippen LogP contribution in [0.2, 0.25) is 0 Å². The second kappa shape index (κ2) is 6.95. The predicted octanol–water partition coefficient (Wildman–Crippen LogP) is 2.50. The van der Waals surface area contributed by atoms with Crippen molar-refractivity contribution >= 4 is 6.03 Å². The number of hydrogen-bond donors (Lipinski definition) is 2. The molecular formula is C18H29N3O2. The van der Waals surface area contributed by atoms with E-state index in [0.717, 1.165) is 44.3 Å². The van der Waals surface area contributed by atoms with Gasteiger partial charge in [-0.25, -0.2) is 4.79 Å². The highest BCUT2D eigenvalue weighted by Crippen LogP contribution is 2.37. The van der Waals surface area contributed by atoms with Crippen LogP contribution in [0.4, 0.5) is 4.79 Å². The summed E-state index contributed by atoms with van der Waals surface area (Å²) in [6.07, 6.45) is 6.81.